The van der Waals surface area contributed by atoms with E-state index in [2.05, 4.69) is 4.98 Å². The number of carbonyl (C=O) groups excluding carboxylic acids is 2. The van der Waals surface area contributed by atoms with Crippen LogP contribution < -0.4 is 0 Å². The van der Waals surface area contributed by atoms with Gasteiger partial charge >= 0.3 is 11.9 Å². The maximum atomic E-state index is 11.8. The number of pyridine rings is 1. The maximum absolute atomic E-state index is 11.8. The van der Waals surface area contributed by atoms with Crippen molar-refractivity contribution in [1.29, 1.82) is 0 Å². The lowest BCUT2D eigenvalue weighted by atomic mass is 9.98. The first-order chi connectivity index (χ1) is 14.3. The van der Waals surface area contributed by atoms with Gasteiger partial charge in [-0.15, -0.1) is 0 Å². The Bertz CT molecular complexity index is 956. The van der Waals surface area contributed by atoms with Crippen LogP contribution in [0.25, 0.3) is 17.0 Å². The minimum atomic E-state index is -1.23. The minimum Gasteiger partial charge on any atom is -0.466 e. The first kappa shape index (κ1) is 23.0. The van der Waals surface area contributed by atoms with Crippen molar-refractivity contribution in [1.82, 2.24) is 4.98 Å². The molecule has 30 heavy (non-hydrogen) atoms. The highest BCUT2D eigenvalue weighted by atomic mass is 16.6. The van der Waals surface area contributed by atoms with Crippen molar-refractivity contribution in [2.75, 3.05) is 13.2 Å². The van der Waals surface area contributed by atoms with Crippen LogP contribution in [0.15, 0.2) is 30.5 Å². The second-order valence-corrected chi connectivity index (χ2v) is 6.51. The summed E-state index contributed by atoms with van der Waals surface area (Å²) in [4.78, 5) is 38.2. The second kappa shape index (κ2) is 11.0. The molecule has 0 saturated carbocycles. The number of esters is 2. The van der Waals surface area contributed by atoms with Crippen LogP contribution in [0, 0.1) is 10.1 Å². The molecule has 0 aliphatic carbocycles. The Morgan fingerprint density at radius 1 is 1.27 bits per heavy atom. The van der Waals surface area contributed by atoms with Gasteiger partial charge in [0, 0.05) is 23.1 Å². The highest BCUT2D eigenvalue weighted by molar-refractivity contribution is 5.90. The number of aliphatic hydroxyl groups is 1. The van der Waals surface area contributed by atoms with Gasteiger partial charge in [-0.05, 0) is 37.1 Å². The number of aromatic nitrogens is 1. The van der Waals surface area contributed by atoms with Crippen LogP contribution in [0.5, 0.6) is 0 Å². The fourth-order valence-electron chi connectivity index (χ4n) is 2.76. The number of ether oxygens (including phenoxy) is 2. The van der Waals surface area contributed by atoms with Gasteiger partial charge in [0.1, 0.15) is 6.20 Å². The molecule has 0 aliphatic rings. The molecule has 2 rings (SSSR count). The Morgan fingerprint density at radius 3 is 2.70 bits per heavy atom. The summed E-state index contributed by atoms with van der Waals surface area (Å²) in [7, 11) is 0. The summed E-state index contributed by atoms with van der Waals surface area (Å²) in [6.45, 7) is 4.14. The van der Waals surface area contributed by atoms with Gasteiger partial charge in [-0.1, -0.05) is 13.3 Å². The third kappa shape index (κ3) is 6.35. The molecule has 1 aromatic carbocycles. The van der Waals surface area contributed by atoms with Gasteiger partial charge < -0.3 is 14.6 Å². The van der Waals surface area contributed by atoms with E-state index in [1.165, 1.54) is 18.2 Å². The van der Waals surface area contributed by atoms with Crippen LogP contribution >= 0.6 is 0 Å². The number of nitro groups is 1. The molecule has 1 atom stereocenters. The molecule has 160 valence electrons. The number of aliphatic hydroxyl groups excluding tert-OH is 1. The van der Waals surface area contributed by atoms with Gasteiger partial charge in [0.15, 0.2) is 0 Å². The minimum absolute atomic E-state index is 0.180. The normalized spacial score (nSPS) is 12.1. The van der Waals surface area contributed by atoms with E-state index in [1.807, 2.05) is 6.92 Å². The first-order valence-corrected chi connectivity index (χ1v) is 9.62. The molecule has 0 bridgehead atoms. The lowest BCUT2D eigenvalue weighted by Gasteiger charge is -2.14. The molecule has 1 unspecified atom stereocenters. The van der Waals surface area contributed by atoms with Gasteiger partial charge in [-0.3, -0.25) is 14.9 Å². The standard InChI is InChI=1S/C21H24N2O7/c1-3-5-8-30-19(25)7-6-14-9-15-11-16(23(27)28)13-22-21(15)17(10-14)18(24)12-20(26)29-4-2/h6-7,9-11,13,18,24H,3-5,8,12H2,1-2H3. The van der Waals surface area contributed by atoms with Crippen LogP contribution in [-0.2, 0) is 19.1 Å². The average Bonchev–Trinajstić information content (AvgIpc) is 2.71. The van der Waals surface area contributed by atoms with E-state index in [0.29, 0.717) is 28.6 Å². The van der Waals surface area contributed by atoms with Crippen molar-refractivity contribution in [2.24, 2.45) is 0 Å². The van der Waals surface area contributed by atoms with Gasteiger partial charge in [-0.2, -0.15) is 0 Å². The van der Waals surface area contributed by atoms with E-state index in [1.54, 1.807) is 19.1 Å². The molecule has 0 amide bonds. The summed E-state index contributed by atoms with van der Waals surface area (Å²) < 4.78 is 9.93. The number of rotatable bonds is 10. The largest absolute Gasteiger partial charge is 0.466 e. The van der Waals surface area contributed by atoms with E-state index in [-0.39, 0.29) is 18.7 Å². The smallest absolute Gasteiger partial charge is 0.330 e. The zero-order valence-corrected chi connectivity index (χ0v) is 16.9. The van der Waals surface area contributed by atoms with Gasteiger partial charge in [0.25, 0.3) is 5.69 Å². The Balaban J connectivity index is 2.40. The van der Waals surface area contributed by atoms with Crippen LogP contribution in [-0.4, -0.2) is 40.2 Å². The fraction of sp³-hybridized carbons (Fsp3) is 0.381. The third-order valence-corrected chi connectivity index (χ3v) is 4.21. The van der Waals surface area contributed by atoms with Crippen LogP contribution in [0.1, 0.15) is 50.3 Å². The highest BCUT2D eigenvalue weighted by Gasteiger charge is 2.19. The number of fused-ring (bicyclic) bond motifs is 1. The fourth-order valence-corrected chi connectivity index (χ4v) is 2.76. The molecule has 0 saturated heterocycles. The van der Waals surface area contributed by atoms with Crippen LogP contribution in [0.4, 0.5) is 5.69 Å². The summed E-state index contributed by atoms with van der Waals surface area (Å²) in [5.74, 6) is -1.10. The van der Waals surface area contributed by atoms with E-state index in [9.17, 15) is 24.8 Å². The molecule has 1 heterocycles. The molecule has 0 aliphatic heterocycles. The number of unbranched alkanes of at least 4 members (excludes halogenated alkanes) is 1. The molecular weight excluding hydrogens is 392 g/mol. The summed E-state index contributed by atoms with van der Waals surface area (Å²) in [6.07, 6.45) is 3.93. The summed E-state index contributed by atoms with van der Waals surface area (Å²) in [5.41, 5.74) is 0.901. The molecule has 1 aromatic heterocycles. The van der Waals surface area contributed by atoms with Gasteiger partial charge in [0.05, 0.1) is 36.2 Å². The lowest BCUT2D eigenvalue weighted by Crippen LogP contribution is -2.11. The quantitative estimate of drug-likeness (QED) is 0.205. The van der Waals surface area contributed by atoms with E-state index >= 15 is 0 Å². The summed E-state index contributed by atoms with van der Waals surface area (Å²) in [6, 6.07) is 4.49. The number of hydrogen-bond donors (Lipinski definition) is 1. The molecule has 0 radical (unpaired) electrons. The lowest BCUT2D eigenvalue weighted by molar-refractivity contribution is -0.385. The molecule has 2 aromatic rings. The Morgan fingerprint density at radius 2 is 2.03 bits per heavy atom. The molecule has 0 spiro atoms. The van der Waals surface area contributed by atoms with Crippen LogP contribution in [0.3, 0.4) is 0 Å². The summed E-state index contributed by atoms with van der Waals surface area (Å²) in [5, 5.41) is 22.0. The highest BCUT2D eigenvalue weighted by Crippen LogP contribution is 2.29. The number of nitrogens with zero attached hydrogens (tertiary/aromatic N) is 2. The first-order valence-electron chi connectivity index (χ1n) is 9.62. The van der Waals surface area contributed by atoms with E-state index < -0.39 is 23.0 Å². The zero-order valence-electron chi connectivity index (χ0n) is 16.9. The Kier molecular flexibility index (Phi) is 8.42. The van der Waals surface area contributed by atoms with Crippen LogP contribution in [0.2, 0.25) is 0 Å². The topological polar surface area (TPSA) is 129 Å². The zero-order chi connectivity index (χ0) is 22.1. The van der Waals surface area contributed by atoms with Crippen molar-refractivity contribution >= 4 is 34.6 Å². The molecular formula is C21H24N2O7. The monoisotopic (exact) mass is 416 g/mol. The number of hydrogen-bond acceptors (Lipinski definition) is 8. The van der Waals surface area contributed by atoms with Crippen molar-refractivity contribution in [3.05, 3.63) is 51.7 Å². The van der Waals surface area contributed by atoms with Gasteiger partial charge in [-0.25, -0.2) is 9.78 Å². The Labute approximate surface area is 173 Å². The second-order valence-electron chi connectivity index (χ2n) is 6.51. The number of carbonyl (C=O) groups is 2. The maximum Gasteiger partial charge on any atom is 0.330 e. The SMILES string of the molecule is CCCCOC(=O)C=Cc1cc(C(O)CC(=O)OCC)c2ncc([N+](=O)[O-])cc2c1. The number of benzene rings is 1. The molecule has 9 heteroatoms. The van der Waals surface area contributed by atoms with E-state index in [0.717, 1.165) is 19.0 Å². The predicted octanol–water partition coefficient (Wildman–Crippen LogP) is 3.49. The average molecular weight is 416 g/mol. The van der Waals surface area contributed by atoms with Crippen molar-refractivity contribution in [2.45, 2.75) is 39.2 Å². The van der Waals surface area contributed by atoms with Crippen molar-refractivity contribution in [3.8, 4) is 0 Å². The predicted molar refractivity (Wildman–Crippen MR) is 110 cm³/mol. The van der Waals surface area contributed by atoms with Crippen molar-refractivity contribution in [3.63, 3.8) is 0 Å². The third-order valence-electron chi connectivity index (χ3n) is 4.21. The van der Waals surface area contributed by atoms with Gasteiger partial charge in [0.2, 0.25) is 0 Å². The van der Waals surface area contributed by atoms with E-state index in [4.69, 9.17) is 9.47 Å². The Hall–Kier alpha value is -3.33. The summed E-state index contributed by atoms with van der Waals surface area (Å²) >= 11 is 0. The molecule has 1 N–H and O–H groups in total. The molecule has 0 fully saturated rings. The van der Waals surface area contributed by atoms with Crippen molar-refractivity contribution < 1.29 is 29.1 Å². The molecule has 9 nitrogen and oxygen atoms in total.